The molecule has 2 aliphatic rings. The highest BCUT2D eigenvalue weighted by Crippen LogP contribution is 2.49. The average molecular weight is 397 g/mol. The summed E-state index contributed by atoms with van der Waals surface area (Å²) < 4.78 is 11.9. The maximum Gasteiger partial charge on any atom is 0.317 e. The second kappa shape index (κ2) is 7.09. The van der Waals surface area contributed by atoms with Crippen LogP contribution in [0.1, 0.15) is 37.9 Å². The van der Waals surface area contributed by atoms with Crippen LogP contribution in [-0.4, -0.2) is 23.4 Å². The Bertz CT molecular complexity index is 914. The smallest absolute Gasteiger partial charge is 0.317 e. The van der Waals surface area contributed by atoms with Crippen LogP contribution in [0.15, 0.2) is 48.5 Å². The van der Waals surface area contributed by atoms with Crippen molar-refractivity contribution in [3.05, 3.63) is 59.7 Å². The predicted octanol–water partition coefficient (Wildman–Crippen LogP) is 3.97. The molecule has 28 heavy (non-hydrogen) atoms. The molecule has 146 valence electrons. The van der Waals surface area contributed by atoms with E-state index in [9.17, 15) is 4.79 Å². The van der Waals surface area contributed by atoms with E-state index in [2.05, 4.69) is 24.4 Å². The minimum absolute atomic E-state index is 0.297. The molecule has 0 aliphatic carbocycles. The number of hydrogen-bond donors (Lipinski definition) is 1. The van der Waals surface area contributed by atoms with Crippen molar-refractivity contribution in [3.8, 4) is 5.75 Å². The second-order valence-corrected chi connectivity index (χ2v) is 7.59. The molecule has 0 aromatic heterocycles. The zero-order valence-electron chi connectivity index (χ0n) is 16.3. The van der Waals surface area contributed by atoms with E-state index in [1.54, 1.807) is 0 Å². The van der Waals surface area contributed by atoms with Crippen molar-refractivity contribution in [1.82, 2.24) is 5.32 Å². The zero-order valence-corrected chi connectivity index (χ0v) is 17.1. The standard InChI is InChI=1S/C22H24N2O3S/c1-4-14-10-12-15(13-11-14)24-21(28)23-19-16-8-6-7-9-17(16)27-22(24,3)18(19)20(25)26-5-2/h6-13,18-19H,4-5H2,1-3H3,(H,23,28)/t18-,19+,22+/m1/s1. The Morgan fingerprint density at radius 3 is 2.61 bits per heavy atom. The number of nitrogens with one attached hydrogen (secondary N) is 1. The molecule has 0 unspecified atom stereocenters. The second-order valence-electron chi connectivity index (χ2n) is 7.21. The summed E-state index contributed by atoms with van der Waals surface area (Å²) in [5.41, 5.74) is 2.03. The molecule has 4 rings (SSSR count). The highest BCUT2D eigenvalue weighted by atomic mass is 32.1. The van der Waals surface area contributed by atoms with Crippen LogP contribution >= 0.6 is 12.2 Å². The number of fused-ring (bicyclic) bond motifs is 4. The lowest BCUT2D eigenvalue weighted by molar-refractivity contribution is -0.159. The Morgan fingerprint density at radius 1 is 1.21 bits per heavy atom. The first-order chi connectivity index (χ1) is 13.5. The number of thiocarbonyl (C=S) groups is 1. The molecule has 2 heterocycles. The Kier molecular flexibility index (Phi) is 4.75. The SMILES string of the molecule is CCOC(=O)[C@H]1[C@H]2NC(=S)N(c3ccc(CC)cc3)[C@@]1(C)Oc1ccccc12. The highest BCUT2D eigenvalue weighted by Gasteiger charge is 2.59. The maximum absolute atomic E-state index is 13.0. The topological polar surface area (TPSA) is 50.8 Å². The van der Waals surface area contributed by atoms with E-state index in [4.69, 9.17) is 21.7 Å². The van der Waals surface area contributed by atoms with Crippen molar-refractivity contribution >= 4 is 29.0 Å². The van der Waals surface area contributed by atoms with Crippen molar-refractivity contribution in [2.75, 3.05) is 11.5 Å². The van der Waals surface area contributed by atoms with Crippen LogP contribution in [0.5, 0.6) is 5.75 Å². The fourth-order valence-corrected chi connectivity index (χ4v) is 4.61. The van der Waals surface area contributed by atoms with Gasteiger partial charge in [0.15, 0.2) is 5.11 Å². The number of benzene rings is 2. The normalized spacial score (nSPS) is 25.4. The molecule has 1 N–H and O–H groups in total. The summed E-state index contributed by atoms with van der Waals surface area (Å²) >= 11 is 5.71. The van der Waals surface area contributed by atoms with Crippen LogP contribution in [0.25, 0.3) is 0 Å². The molecular formula is C22H24N2O3S. The first kappa shape index (κ1) is 18.7. The number of carbonyl (C=O) groups excluding carboxylic acids is 1. The van der Waals surface area contributed by atoms with E-state index in [0.29, 0.717) is 11.7 Å². The predicted molar refractivity (Wildman–Crippen MR) is 112 cm³/mol. The van der Waals surface area contributed by atoms with Gasteiger partial charge in [-0.15, -0.1) is 0 Å². The first-order valence-electron chi connectivity index (χ1n) is 9.63. The molecule has 3 atom stereocenters. The average Bonchev–Trinajstić information content (AvgIpc) is 2.68. The van der Waals surface area contributed by atoms with E-state index >= 15 is 0 Å². The van der Waals surface area contributed by atoms with Gasteiger partial charge in [0.05, 0.1) is 12.6 Å². The van der Waals surface area contributed by atoms with E-state index in [1.807, 2.05) is 55.1 Å². The summed E-state index contributed by atoms with van der Waals surface area (Å²) in [7, 11) is 0. The molecule has 0 radical (unpaired) electrons. The molecule has 2 aromatic carbocycles. The molecular weight excluding hydrogens is 372 g/mol. The molecule has 6 heteroatoms. The fraction of sp³-hybridized carbons (Fsp3) is 0.364. The van der Waals surface area contributed by atoms with E-state index < -0.39 is 11.6 Å². The van der Waals surface area contributed by atoms with Gasteiger partial charge in [-0.3, -0.25) is 9.69 Å². The number of hydrogen-bond acceptors (Lipinski definition) is 4. The van der Waals surface area contributed by atoms with Crippen LogP contribution in [-0.2, 0) is 16.0 Å². The van der Waals surface area contributed by atoms with Crippen LogP contribution in [0, 0.1) is 5.92 Å². The van der Waals surface area contributed by atoms with Gasteiger partial charge >= 0.3 is 5.97 Å². The molecule has 2 bridgehead atoms. The Hall–Kier alpha value is -2.60. The lowest BCUT2D eigenvalue weighted by atomic mass is 9.79. The van der Waals surface area contributed by atoms with Crippen molar-refractivity contribution in [1.29, 1.82) is 0 Å². The number of esters is 1. The van der Waals surface area contributed by atoms with Crippen molar-refractivity contribution in [2.45, 2.75) is 39.0 Å². The van der Waals surface area contributed by atoms with E-state index in [1.165, 1.54) is 5.56 Å². The molecule has 2 aromatic rings. The van der Waals surface area contributed by atoms with Crippen LogP contribution in [0.2, 0.25) is 0 Å². The Morgan fingerprint density at radius 2 is 1.93 bits per heavy atom. The van der Waals surface area contributed by atoms with E-state index in [0.717, 1.165) is 23.4 Å². The van der Waals surface area contributed by atoms with Gasteiger partial charge < -0.3 is 14.8 Å². The Labute approximate surface area is 170 Å². The summed E-state index contributed by atoms with van der Waals surface area (Å²) in [6.07, 6.45) is 0.956. The number of rotatable bonds is 4. The number of nitrogens with zero attached hydrogens (tertiary/aromatic N) is 1. The summed E-state index contributed by atoms with van der Waals surface area (Å²) in [4.78, 5) is 14.9. The third kappa shape index (κ3) is 2.83. The molecule has 0 amide bonds. The van der Waals surface area contributed by atoms with Gasteiger partial charge in [0, 0.05) is 11.3 Å². The zero-order chi connectivity index (χ0) is 19.9. The van der Waals surface area contributed by atoms with Crippen molar-refractivity contribution in [2.24, 2.45) is 5.92 Å². The van der Waals surface area contributed by atoms with Gasteiger partial charge in [-0.25, -0.2) is 0 Å². The molecule has 0 spiro atoms. The molecule has 2 aliphatic heterocycles. The third-order valence-corrected chi connectivity index (χ3v) is 5.85. The first-order valence-corrected chi connectivity index (χ1v) is 10.0. The quantitative estimate of drug-likeness (QED) is 0.623. The molecule has 5 nitrogen and oxygen atoms in total. The lowest BCUT2D eigenvalue weighted by Gasteiger charge is -2.55. The summed E-state index contributed by atoms with van der Waals surface area (Å²) in [6.45, 7) is 6.16. The monoisotopic (exact) mass is 396 g/mol. The van der Waals surface area contributed by atoms with Gasteiger partial charge in [0.25, 0.3) is 0 Å². The summed E-state index contributed by atoms with van der Waals surface area (Å²) in [5.74, 6) is -0.115. The number of carbonyl (C=O) groups is 1. The van der Waals surface area contributed by atoms with Crippen LogP contribution in [0.3, 0.4) is 0 Å². The molecule has 1 fully saturated rings. The highest BCUT2D eigenvalue weighted by molar-refractivity contribution is 7.80. The number of aryl methyl sites for hydroxylation is 1. The third-order valence-electron chi connectivity index (χ3n) is 5.55. The van der Waals surface area contributed by atoms with Gasteiger partial charge in [-0.2, -0.15) is 0 Å². The van der Waals surface area contributed by atoms with Crippen molar-refractivity contribution < 1.29 is 14.3 Å². The fourth-order valence-electron chi connectivity index (χ4n) is 4.19. The minimum Gasteiger partial charge on any atom is -0.466 e. The summed E-state index contributed by atoms with van der Waals surface area (Å²) in [6, 6.07) is 15.6. The van der Waals surface area contributed by atoms with Gasteiger partial charge in [-0.1, -0.05) is 37.3 Å². The summed E-state index contributed by atoms with van der Waals surface area (Å²) in [5, 5.41) is 3.91. The maximum atomic E-state index is 13.0. The van der Waals surface area contributed by atoms with Crippen molar-refractivity contribution in [3.63, 3.8) is 0 Å². The Balaban J connectivity index is 1.85. The molecule has 0 saturated carbocycles. The number of para-hydroxylation sites is 1. The number of ether oxygens (including phenoxy) is 2. The lowest BCUT2D eigenvalue weighted by Crippen LogP contribution is -2.71. The van der Waals surface area contributed by atoms with E-state index in [-0.39, 0.29) is 12.0 Å². The van der Waals surface area contributed by atoms with Gasteiger partial charge in [-0.05, 0) is 56.2 Å². The van der Waals surface area contributed by atoms with Gasteiger partial charge in [0.1, 0.15) is 11.7 Å². The van der Waals surface area contributed by atoms with Crippen LogP contribution in [0.4, 0.5) is 5.69 Å². The van der Waals surface area contributed by atoms with Gasteiger partial charge in [0.2, 0.25) is 5.72 Å². The number of anilines is 1. The largest absolute Gasteiger partial charge is 0.466 e. The molecule has 1 saturated heterocycles. The van der Waals surface area contributed by atoms with Crippen LogP contribution < -0.4 is 15.0 Å². The minimum atomic E-state index is -0.999.